The molecular weight excluding hydrogens is 294 g/mol. The van der Waals surface area contributed by atoms with Crippen molar-refractivity contribution in [3.63, 3.8) is 0 Å². The van der Waals surface area contributed by atoms with Crippen LogP contribution in [-0.2, 0) is 14.6 Å². The first-order valence-corrected chi connectivity index (χ1v) is 8.58. The third-order valence-corrected chi connectivity index (χ3v) is 4.67. The van der Waals surface area contributed by atoms with Crippen molar-refractivity contribution in [1.29, 1.82) is 0 Å². The Morgan fingerprint density at radius 2 is 1.86 bits per heavy atom. The molecule has 0 radical (unpaired) electrons. The molecule has 1 aromatic carbocycles. The van der Waals surface area contributed by atoms with E-state index in [-0.39, 0.29) is 17.3 Å². The first-order chi connectivity index (χ1) is 9.80. The van der Waals surface area contributed by atoms with Crippen molar-refractivity contribution < 1.29 is 23.1 Å². The van der Waals surface area contributed by atoms with E-state index in [0.29, 0.717) is 31.6 Å². The number of hydrogen-bond acceptors (Lipinski definition) is 5. The smallest absolute Gasteiger partial charge is 0.251 e. The van der Waals surface area contributed by atoms with Crippen LogP contribution in [0.2, 0.25) is 0 Å². The number of benzene rings is 1. The second kappa shape index (κ2) is 6.13. The Labute approximate surface area is 124 Å². The van der Waals surface area contributed by atoms with Gasteiger partial charge < -0.3 is 15.2 Å². The molecule has 6 nitrogen and oxygen atoms in total. The number of carbonyl (C=O) groups excluding carboxylic acids is 1. The lowest BCUT2D eigenvalue weighted by Crippen LogP contribution is -2.46. The molecule has 0 bridgehead atoms. The fraction of sp³-hybridized carbons (Fsp3) is 0.500. The summed E-state index contributed by atoms with van der Waals surface area (Å²) in [5.74, 6) is -0.338. The normalized spacial score (nSPS) is 18.2. The predicted molar refractivity (Wildman–Crippen MR) is 76.9 cm³/mol. The van der Waals surface area contributed by atoms with Gasteiger partial charge in [0.2, 0.25) is 0 Å². The van der Waals surface area contributed by atoms with Crippen LogP contribution in [0.25, 0.3) is 0 Å². The molecule has 0 saturated carbocycles. The van der Waals surface area contributed by atoms with Crippen LogP contribution in [0.5, 0.6) is 0 Å². The minimum Gasteiger partial charge on any atom is -0.388 e. The van der Waals surface area contributed by atoms with E-state index < -0.39 is 15.4 Å². The molecule has 0 aliphatic carbocycles. The molecule has 0 aromatic heterocycles. The second-order valence-electron chi connectivity index (χ2n) is 5.32. The van der Waals surface area contributed by atoms with Gasteiger partial charge >= 0.3 is 0 Å². The predicted octanol–water partition coefficient (Wildman–Crippen LogP) is 0.361. The highest BCUT2D eigenvalue weighted by Crippen LogP contribution is 2.19. The highest BCUT2D eigenvalue weighted by Gasteiger charge is 2.30. The Kier molecular flexibility index (Phi) is 4.65. The van der Waals surface area contributed by atoms with Crippen LogP contribution in [0.15, 0.2) is 29.2 Å². The van der Waals surface area contributed by atoms with E-state index in [1.807, 2.05) is 0 Å². The lowest BCUT2D eigenvalue weighted by atomic mass is 9.94. The van der Waals surface area contributed by atoms with Crippen molar-refractivity contribution >= 4 is 15.7 Å². The maximum absolute atomic E-state index is 12.0. The highest BCUT2D eigenvalue weighted by molar-refractivity contribution is 7.90. The number of rotatable bonds is 4. The van der Waals surface area contributed by atoms with Gasteiger partial charge in [-0.3, -0.25) is 4.79 Å². The van der Waals surface area contributed by atoms with Crippen molar-refractivity contribution in [3.05, 3.63) is 29.8 Å². The van der Waals surface area contributed by atoms with Crippen molar-refractivity contribution in [2.45, 2.75) is 23.3 Å². The third kappa shape index (κ3) is 4.26. The number of amides is 1. The summed E-state index contributed by atoms with van der Waals surface area (Å²) in [6.07, 6.45) is 2.09. The SMILES string of the molecule is CS(=O)(=O)c1ccc(C(=O)NCC2(O)CCOCC2)cc1. The molecule has 1 heterocycles. The van der Waals surface area contributed by atoms with Crippen molar-refractivity contribution in [1.82, 2.24) is 5.32 Å². The Bertz CT molecular complexity index is 603. The molecule has 116 valence electrons. The summed E-state index contributed by atoms with van der Waals surface area (Å²) in [6.45, 7) is 1.12. The zero-order valence-electron chi connectivity index (χ0n) is 11.8. The summed E-state index contributed by atoms with van der Waals surface area (Å²) in [7, 11) is -3.27. The van der Waals surface area contributed by atoms with Gasteiger partial charge in [0.1, 0.15) is 0 Å². The number of carbonyl (C=O) groups is 1. The molecule has 21 heavy (non-hydrogen) atoms. The van der Waals surface area contributed by atoms with Crippen LogP contribution < -0.4 is 5.32 Å². The number of hydrogen-bond donors (Lipinski definition) is 2. The van der Waals surface area contributed by atoms with Gasteiger partial charge in [0.15, 0.2) is 9.84 Å². The molecule has 1 aromatic rings. The van der Waals surface area contributed by atoms with Gasteiger partial charge in [0, 0.05) is 44.4 Å². The minimum absolute atomic E-state index is 0.156. The Hall–Kier alpha value is -1.44. The summed E-state index contributed by atoms with van der Waals surface area (Å²) in [4.78, 5) is 12.2. The average Bonchev–Trinajstić information content (AvgIpc) is 2.45. The third-order valence-electron chi connectivity index (χ3n) is 3.55. The maximum atomic E-state index is 12.0. The topological polar surface area (TPSA) is 92.7 Å². The molecule has 1 fully saturated rings. The molecule has 1 saturated heterocycles. The van der Waals surface area contributed by atoms with Crippen LogP contribution in [-0.4, -0.2) is 51.0 Å². The van der Waals surface area contributed by atoms with Crippen LogP contribution >= 0.6 is 0 Å². The molecule has 0 spiro atoms. The van der Waals surface area contributed by atoms with Gasteiger partial charge in [-0.05, 0) is 24.3 Å². The lowest BCUT2D eigenvalue weighted by Gasteiger charge is -2.32. The largest absolute Gasteiger partial charge is 0.388 e. The van der Waals surface area contributed by atoms with Gasteiger partial charge in [0.25, 0.3) is 5.91 Å². The van der Waals surface area contributed by atoms with Crippen molar-refractivity contribution in [2.24, 2.45) is 0 Å². The van der Waals surface area contributed by atoms with E-state index in [1.54, 1.807) is 0 Å². The summed E-state index contributed by atoms with van der Waals surface area (Å²) < 4.78 is 27.9. The minimum atomic E-state index is -3.27. The van der Waals surface area contributed by atoms with E-state index >= 15 is 0 Å². The summed E-state index contributed by atoms with van der Waals surface area (Å²) >= 11 is 0. The Morgan fingerprint density at radius 1 is 1.29 bits per heavy atom. The molecule has 1 aliphatic heterocycles. The zero-order valence-corrected chi connectivity index (χ0v) is 12.6. The molecule has 7 heteroatoms. The molecule has 1 aliphatic rings. The van der Waals surface area contributed by atoms with E-state index in [4.69, 9.17) is 4.74 Å². The van der Waals surface area contributed by atoms with Gasteiger partial charge in [-0.2, -0.15) is 0 Å². The van der Waals surface area contributed by atoms with E-state index in [1.165, 1.54) is 24.3 Å². The van der Waals surface area contributed by atoms with E-state index in [0.717, 1.165) is 6.26 Å². The summed E-state index contributed by atoms with van der Waals surface area (Å²) in [5, 5.41) is 12.9. The fourth-order valence-corrected chi connectivity index (χ4v) is 2.76. The quantitative estimate of drug-likeness (QED) is 0.837. The molecule has 2 rings (SSSR count). The monoisotopic (exact) mass is 313 g/mol. The molecule has 1 amide bonds. The zero-order chi connectivity index (χ0) is 15.5. The van der Waals surface area contributed by atoms with Gasteiger partial charge in [-0.15, -0.1) is 0 Å². The Morgan fingerprint density at radius 3 is 2.38 bits per heavy atom. The summed E-state index contributed by atoms with van der Waals surface area (Å²) in [6, 6.07) is 5.71. The second-order valence-corrected chi connectivity index (χ2v) is 7.33. The highest BCUT2D eigenvalue weighted by atomic mass is 32.2. The number of aliphatic hydroxyl groups is 1. The van der Waals surface area contributed by atoms with Crippen LogP contribution in [0.1, 0.15) is 23.2 Å². The lowest BCUT2D eigenvalue weighted by molar-refractivity contribution is -0.0605. The van der Waals surface area contributed by atoms with Gasteiger partial charge in [0.05, 0.1) is 10.5 Å². The van der Waals surface area contributed by atoms with Gasteiger partial charge in [-0.1, -0.05) is 0 Å². The Balaban J connectivity index is 1.97. The van der Waals surface area contributed by atoms with E-state index in [9.17, 15) is 18.3 Å². The maximum Gasteiger partial charge on any atom is 0.251 e. The first-order valence-electron chi connectivity index (χ1n) is 6.69. The molecule has 0 atom stereocenters. The molecule has 2 N–H and O–H groups in total. The summed E-state index contributed by atoms with van der Waals surface area (Å²) in [5.41, 5.74) is -0.571. The van der Waals surface area contributed by atoms with Crippen molar-refractivity contribution in [2.75, 3.05) is 26.0 Å². The van der Waals surface area contributed by atoms with E-state index in [2.05, 4.69) is 5.32 Å². The number of ether oxygens (including phenoxy) is 1. The molecular formula is C14H19NO5S. The fourth-order valence-electron chi connectivity index (χ4n) is 2.13. The molecule has 0 unspecified atom stereocenters. The number of sulfone groups is 1. The van der Waals surface area contributed by atoms with Crippen LogP contribution in [0.4, 0.5) is 0 Å². The van der Waals surface area contributed by atoms with Crippen LogP contribution in [0, 0.1) is 0 Å². The van der Waals surface area contributed by atoms with Gasteiger partial charge in [-0.25, -0.2) is 8.42 Å². The average molecular weight is 313 g/mol. The van der Waals surface area contributed by atoms with Crippen molar-refractivity contribution in [3.8, 4) is 0 Å². The standard InChI is InChI=1S/C14H19NO5S/c1-21(18,19)12-4-2-11(3-5-12)13(16)15-10-14(17)6-8-20-9-7-14/h2-5,17H,6-10H2,1H3,(H,15,16). The number of nitrogens with one attached hydrogen (secondary N) is 1. The first kappa shape index (κ1) is 15.9. The van der Waals surface area contributed by atoms with Crippen LogP contribution in [0.3, 0.4) is 0 Å².